The Morgan fingerprint density at radius 3 is 2.92 bits per heavy atom. The fourth-order valence-corrected chi connectivity index (χ4v) is 1.98. The van der Waals surface area contributed by atoms with E-state index in [0.717, 1.165) is 19.3 Å². The second-order valence-corrected chi connectivity index (χ2v) is 3.51. The summed E-state index contributed by atoms with van der Waals surface area (Å²) in [7, 11) is 0. The first-order valence-corrected chi connectivity index (χ1v) is 4.27. The molecule has 2 aliphatic rings. The molecule has 3 unspecified atom stereocenters. The third-order valence-corrected chi connectivity index (χ3v) is 2.74. The maximum Gasteiger partial charge on any atom is 0.331 e. The van der Waals surface area contributed by atoms with E-state index in [0.29, 0.717) is 11.7 Å². The van der Waals surface area contributed by atoms with E-state index in [-0.39, 0.29) is 12.0 Å². The zero-order valence-electron chi connectivity index (χ0n) is 6.82. The number of hydrogen-bond donors (Lipinski definition) is 1. The molecule has 1 saturated heterocycles. The summed E-state index contributed by atoms with van der Waals surface area (Å²) in [6.45, 7) is 3.58. The van der Waals surface area contributed by atoms with E-state index in [9.17, 15) is 4.79 Å². The van der Waals surface area contributed by atoms with Crippen LogP contribution in [0.15, 0.2) is 12.2 Å². The molecule has 1 aliphatic carbocycles. The first kappa shape index (κ1) is 7.80. The van der Waals surface area contributed by atoms with Gasteiger partial charge in [0.15, 0.2) is 0 Å². The Bertz CT molecular complexity index is 234. The predicted molar refractivity (Wildman–Crippen MR) is 42.8 cm³/mol. The van der Waals surface area contributed by atoms with Crippen LogP contribution in [0, 0.1) is 5.92 Å². The highest BCUT2D eigenvalue weighted by molar-refractivity contribution is 5.86. The van der Waals surface area contributed by atoms with Gasteiger partial charge in [-0.2, -0.15) is 0 Å². The van der Waals surface area contributed by atoms with E-state index in [1.54, 1.807) is 0 Å². The Labute approximate surface area is 71.0 Å². The Morgan fingerprint density at radius 1 is 1.50 bits per heavy atom. The summed E-state index contributed by atoms with van der Waals surface area (Å²) in [5.74, 6) is -0.808. The van der Waals surface area contributed by atoms with Crippen molar-refractivity contribution < 1.29 is 14.6 Å². The van der Waals surface area contributed by atoms with Crippen molar-refractivity contribution in [3.8, 4) is 0 Å². The van der Waals surface area contributed by atoms with Gasteiger partial charge in [0, 0.05) is 11.5 Å². The Hall–Kier alpha value is -0.830. The van der Waals surface area contributed by atoms with Crippen LogP contribution in [0.3, 0.4) is 0 Å². The SMILES string of the molecule is C=C(C(=O)O)C1CCCC2OC21. The van der Waals surface area contributed by atoms with Crippen molar-refractivity contribution in [1.82, 2.24) is 0 Å². The van der Waals surface area contributed by atoms with Crippen molar-refractivity contribution in [3.63, 3.8) is 0 Å². The summed E-state index contributed by atoms with van der Waals surface area (Å²) in [5, 5.41) is 8.72. The summed E-state index contributed by atoms with van der Waals surface area (Å²) in [6, 6.07) is 0. The number of hydrogen-bond acceptors (Lipinski definition) is 2. The second kappa shape index (κ2) is 2.59. The summed E-state index contributed by atoms with van der Waals surface area (Å²) in [6.07, 6.45) is 3.58. The molecular weight excluding hydrogens is 156 g/mol. The van der Waals surface area contributed by atoms with Crippen LogP contribution >= 0.6 is 0 Å². The molecule has 1 aliphatic heterocycles. The lowest BCUT2D eigenvalue weighted by molar-refractivity contribution is -0.133. The number of fused-ring (bicyclic) bond motifs is 1. The number of rotatable bonds is 2. The second-order valence-electron chi connectivity index (χ2n) is 3.51. The molecule has 3 heteroatoms. The minimum Gasteiger partial charge on any atom is -0.478 e. The fraction of sp³-hybridized carbons (Fsp3) is 0.667. The van der Waals surface area contributed by atoms with Gasteiger partial charge >= 0.3 is 5.97 Å². The maximum atomic E-state index is 10.6. The van der Waals surface area contributed by atoms with Crippen LogP contribution < -0.4 is 0 Å². The lowest BCUT2D eigenvalue weighted by Crippen LogP contribution is -2.21. The molecule has 1 heterocycles. The van der Waals surface area contributed by atoms with E-state index >= 15 is 0 Å². The van der Waals surface area contributed by atoms with E-state index in [4.69, 9.17) is 9.84 Å². The van der Waals surface area contributed by atoms with Gasteiger partial charge in [-0.15, -0.1) is 0 Å². The van der Waals surface area contributed by atoms with Gasteiger partial charge in [0.2, 0.25) is 0 Å². The number of aliphatic carboxylic acids is 1. The monoisotopic (exact) mass is 168 g/mol. The van der Waals surface area contributed by atoms with Gasteiger partial charge in [-0.05, 0) is 12.8 Å². The van der Waals surface area contributed by atoms with Gasteiger partial charge < -0.3 is 9.84 Å². The minimum absolute atomic E-state index is 0.0706. The Kier molecular flexibility index (Phi) is 1.68. The van der Waals surface area contributed by atoms with Crippen molar-refractivity contribution in [2.75, 3.05) is 0 Å². The first-order chi connectivity index (χ1) is 5.70. The molecule has 2 fully saturated rings. The number of carboxylic acids is 1. The van der Waals surface area contributed by atoms with Gasteiger partial charge in [-0.25, -0.2) is 4.79 Å². The van der Waals surface area contributed by atoms with Gasteiger partial charge in [0.05, 0.1) is 12.2 Å². The molecule has 12 heavy (non-hydrogen) atoms. The molecule has 0 aromatic heterocycles. The molecule has 0 aromatic rings. The molecule has 66 valence electrons. The van der Waals surface area contributed by atoms with E-state index in [2.05, 4.69) is 6.58 Å². The fourth-order valence-electron chi connectivity index (χ4n) is 1.98. The van der Waals surface area contributed by atoms with Crippen molar-refractivity contribution in [2.24, 2.45) is 5.92 Å². The number of carboxylic acid groups (broad SMARTS) is 1. The molecule has 1 N–H and O–H groups in total. The molecule has 0 aromatic carbocycles. The lowest BCUT2D eigenvalue weighted by atomic mass is 9.84. The van der Waals surface area contributed by atoms with Crippen LogP contribution in [0.5, 0.6) is 0 Å². The van der Waals surface area contributed by atoms with Crippen LogP contribution in [-0.2, 0) is 9.53 Å². The van der Waals surface area contributed by atoms with Crippen LogP contribution in [0.25, 0.3) is 0 Å². The molecule has 1 saturated carbocycles. The number of epoxide rings is 1. The minimum atomic E-state index is -0.879. The molecule has 0 spiro atoms. The molecule has 0 radical (unpaired) electrons. The number of ether oxygens (including phenoxy) is 1. The smallest absolute Gasteiger partial charge is 0.331 e. The third kappa shape index (κ3) is 1.14. The zero-order valence-corrected chi connectivity index (χ0v) is 6.82. The summed E-state index contributed by atoms with van der Waals surface area (Å²) in [5.41, 5.74) is 0.321. The van der Waals surface area contributed by atoms with Crippen LogP contribution in [-0.4, -0.2) is 23.3 Å². The van der Waals surface area contributed by atoms with Crippen LogP contribution in [0.1, 0.15) is 19.3 Å². The van der Waals surface area contributed by atoms with Gasteiger partial charge in [0.1, 0.15) is 0 Å². The normalized spacial score (nSPS) is 38.5. The maximum absolute atomic E-state index is 10.6. The van der Waals surface area contributed by atoms with Crippen molar-refractivity contribution in [3.05, 3.63) is 12.2 Å². The standard InChI is InChI=1S/C9H12O3/c1-5(9(10)11)6-3-2-4-7-8(6)12-7/h6-8H,1-4H2,(H,10,11). The largest absolute Gasteiger partial charge is 0.478 e. The highest BCUT2D eigenvalue weighted by Crippen LogP contribution is 2.43. The first-order valence-electron chi connectivity index (χ1n) is 4.27. The molecular formula is C9H12O3. The lowest BCUT2D eigenvalue weighted by Gasteiger charge is -2.17. The Morgan fingerprint density at radius 2 is 2.25 bits per heavy atom. The highest BCUT2D eigenvalue weighted by Gasteiger charge is 2.48. The molecule has 3 nitrogen and oxygen atoms in total. The summed E-state index contributed by atoms with van der Waals surface area (Å²) < 4.78 is 5.34. The van der Waals surface area contributed by atoms with E-state index < -0.39 is 5.97 Å². The Balaban J connectivity index is 2.03. The molecule has 3 atom stereocenters. The molecule has 2 rings (SSSR count). The van der Waals surface area contributed by atoms with Crippen LogP contribution in [0.2, 0.25) is 0 Å². The van der Waals surface area contributed by atoms with Crippen molar-refractivity contribution >= 4 is 5.97 Å². The average molecular weight is 168 g/mol. The molecule has 0 bridgehead atoms. The average Bonchev–Trinajstić information content (AvgIpc) is 2.80. The highest BCUT2D eigenvalue weighted by atomic mass is 16.6. The quantitative estimate of drug-likeness (QED) is 0.497. The van der Waals surface area contributed by atoms with Crippen LogP contribution in [0.4, 0.5) is 0 Å². The van der Waals surface area contributed by atoms with Gasteiger partial charge in [0.25, 0.3) is 0 Å². The van der Waals surface area contributed by atoms with E-state index in [1.807, 2.05) is 0 Å². The predicted octanol–water partition coefficient (Wildman–Crippen LogP) is 1.19. The topological polar surface area (TPSA) is 49.8 Å². The zero-order chi connectivity index (χ0) is 8.72. The number of carbonyl (C=O) groups is 1. The summed E-state index contributed by atoms with van der Waals surface area (Å²) in [4.78, 5) is 10.6. The van der Waals surface area contributed by atoms with Gasteiger partial charge in [-0.1, -0.05) is 13.0 Å². The molecule has 0 amide bonds. The van der Waals surface area contributed by atoms with E-state index in [1.165, 1.54) is 0 Å². The van der Waals surface area contributed by atoms with Gasteiger partial charge in [-0.3, -0.25) is 0 Å². The third-order valence-electron chi connectivity index (χ3n) is 2.74. The summed E-state index contributed by atoms with van der Waals surface area (Å²) >= 11 is 0. The van der Waals surface area contributed by atoms with Crippen molar-refractivity contribution in [2.45, 2.75) is 31.5 Å². The van der Waals surface area contributed by atoms with Crippen molar-refractivity contribution in [1.29, 1.82) is 0 Å².